The summed E-state index contributed by atoms with van der Waals surface area (Å²) in [4.78, 5) is 0. The molecule has 0 N–H and O–H groups in total. The molecule has 1 rings (SSSR count). The zero-order valence-electron chi connectivity index (χ0n) is 6.85. The standard InChI is InChI=1S/C10H10Cl2/c1-2-3-5-8-9(11)6-4-7-10(8)12/h2-4,6-7H,5H2,1H3/b3-2+. The van der Waals surface area contributed by atoms with Crippen LogP contribution in [0.2, 0.25) is 10.0 Å². The van der Waals surface area contributed by atoms with Crippen LogP contribution < -0.4 is 0 Å². The lowest BCUT2D eigenvalue weighted by Gasteiger charge is -2.02. The molecule has 0 saturated carbocycles. The topological polar surface area (TPSA) is 0 Å². The van der Waals surface area contributed by atoms with Crippen LogP contribution in [0, 0.1) is 0 Å². The monoisotopic (exact) mass is 200 g/mol. The lowest BCUT2D eigenvalue weighted by atomic mass is 10.1. The molecule has 0 radical (unpaired) electrons. The van der Waals surface area contributed by atoms with E-state index in [0.29, 0.717) is 0 Å². The normalized spacial score (nSPS) is 10.9. The number of benzene rings is 1. The minimum atomic E-state index is 0.737. The van der Waals surface area contributed by atoms with E-state index in [2.05, 4.69) is 0 Å². The molecule has 64 valence electrons. The Hall–Kier alpha value is -0.460. The van der Waals surface area contributed by atoms with E-state index in [0.717, 1.165) is 22.0 Å². The van der Waals surface area contributed by atoms with Crippen molar-refractivity contribution in [2.24, 2.45) is 0 Å². The lowest BCUT2D eigenvalue weighted by Crippen LogP contribution is -1.84. The molecule has 0 aliphatic heterocycles. The van der Waals surface area contributed by atoms with Crippen molar-refractivity contribution in [1.82, 2.24) is 0 Å². The van der Waals surface area contributed by atoms with Crippen molar-refractivity contribution in [2.45, 2.75) is 13.3 Å². The summed E-state index contributed by atoms with van der Waals surface area (Å²) >= 11 is 11.9. The van der Waals surface area contributed by atoms with Gasteiger partial charge >= 0.3 is 0 Å². The molecule has 0 unspecified atom stereocenters. The summed E-state index contributed by atoms with van der Waals surface area (Å²) in [7, 11) is 0. The molecule has 1 aromatic rings. The van der Waals surface area contributed by atoms with Crippen LogP contribution in [0.5, 0.6) is 0 Å². The Morgan fingerprint density at radius 1 is 1.25 bits per heavy atom. The molecule has 0 amide bonds. The Morgan fingerprint density at radius 2 is 1.83 bits per heavy atom. The number of rotatable bonds is 2. The van der Waals surface area contributed by atoms with Crippen LogP contribution in [0.1, 0.15) is 12.5 Å². The molecular weight excluding hydrogens is 191 g/mol. The molecule has 0 aliphatic rings. The number of allylic oxidation sites excluding steroid dienone is 2. The Kier molecular flexibility index (Phi) is 3.64. The SMILES string of the molecule is C/C=C/Cc1c(Cl)cccc1Cl. The third-order valence-electron chi connectivity index (χ3n) is 1.62. The van der Waals surface area contributed by atoms with Crippen molar-refractivity contribution in [3.63, 3.8) is 0 Å². The molecule has 0 saturated heterocycles. The van der Waals surface area contributed by atoms with Gasteiger partial charge in [-0.3, -0.25) is 0 Å². The third-order valence-corrected chi connectivity index (χ3v) is 2.33. The predicted octanol–water partition coefficient (Wildman–Crippen LogP) is 4.11. The second-order valence-electron chi connectivity index (χ2n) is 2.47. The number of halogens is 2. The van der Waals surface area contributed by atoms with Gasteiger partial charge in [0.15, 0.2) is 0 Å². The first-order valence-corrected chi connectivity index (χ1v) is 4.55. The van der Waals surface area contributed by atoms with Gasteiger partial charge in [0, 0.05) is 10.0 Å². The van der Waals surface area contributed by atoms with Crippen molar-refractivity contribution in [2.75, 3.05) is 0 Å². The van der Waals surface area contributed by atoms with Gasteiger partial charge in [-0.1, -0.05) is 41.4 Å². The summed E-state index contributed by atoms with van der Waals surface area (Å²) in [5.41, 5.74) is 0.999. The van der Waals surface area contributed by atoms with Crippen molar-refractivity contribution >= 4 is 23.2 Å². The second kappa shape index (κ2) is 4.54. The molecule has 0 atom stereocenters. The molecule has 0 aliphatic carbocycles. The van der Waals surface area contributed by atoms with Gasteiger partial charge in [0.25, 0.3) is 0 Å². The molecule has 0 nitrogen and oxygen atoms in total. The number of hydrogen-bond acceptors (Lipinski definition) is 0. The van der Waals surface area contributed by atoms with E-state index in [4.69, 9.17) is 23.2 Å². The van der Waals surface area contributed by atoms with E-state index in [-0.39, 0.29) is 0 Å². The van der Waals surface area contributed by atoms with Gasteiger partial charge in [0.1, 0.15) is 0 Å². The van der Waals surface area contributed by atoms with Crippen molar-refractivity contribution in [3.8, 4) is 0 Å². The smallest absolute Gasteiger partial charge is 0.0456 e. The zero-order chi connectivity index (χ0) is 8.97. The van der Waals surface area contributed by atoms with Gasteiger partial charge in [0.05, 0.1) is 0 Å². The first-order valence-electron chi connectivity index (χ1n) is 3.79. The minimum Gasteiger partial charge on any atom is -0.0913 e. The molecule has 2 heteroatoms. The van der Waals surface area contributed by atoms with E-state index in [1.807, 2.05) is 37.3 Å². The summed E-state index contributed by atoms with van der Waals surface area (Å²) in [6.45, 7) is 1.98. The quantitative estimate of drug-likeness (QED) is 0.631. The molecule has 0 spiro atoms. The number of hydrogen-bond donors (Lipinski definition) is 0. The van der Waals surface area contributed by atoms with Crippen LogP contribution in [0.25, 0.3) is 0 Å². The Bertz CT molecular complexity index is 270. The molecule has 0 heterocycles. The van der Waals surface area contributed by atoms with E-state index in [1.54, 1.807) is 0 Å². The van der Waals surface area contributed by atoms with Crippen molar-refractivity contribution < 1.29 is 0 Å². The van der Waals surface area contributed by atoms with Gasteiger partial charge in [-0.05, 0) is 31.0 Å². The summed E-state index contributed by atoms with van der Waals surface area (Å²) in [5, 5.41) is 1.47. The highest BCUT2D eigenvalue weighted by atomic mass is 35.5. The maximum atomic E-state index is 5.95. The van der Waals surface area contributed by atoms with Crippen LogP contribution >= 0.6 is 23.2 Å². The average Bonchev–Trinajstić information content (AvgIpc) is 2.04. The maximum Gasteiger partial charge on any atom is 0.0456 e. The minimum absolute atomic E-state index is 0.737. The van der Waals surface area contributed by atoms with Gasteiger partial charge < -0.3 is 0 Å². The fraction of sp³-hybridized carbons (Fsp3) is 0.200. The largest absolute Gasteiger partial charge is 0.0913 e. The lowest BCUT2D eigenvalue weighted by molar-refractivity contribution is 1.26. The summed E-state index contributed by atoms with van der Waals surface area (Å²) in [6, 6.07) is 5.56. The van der Waals surface area contributed by atoms with E-state index < -0.39 is 0 Å². The second-order valence-corrected chi connectivity index (χ2v) is 3.29. The van der Waals surface area contributed by atoms with Gasteiger partial charge in [-0.2, -0.15) is 0 Å². The van der Waals surface area contributed by atoms with Gasteiger partial charge in [-0.25, -0.2) is 0 Å². The zero-order valence-corrected chi connectivity index (χ0v) is 8.36. The van der Waals surface area contributed by atoms with E-state index in [9.17, 15) is 0 Å². The van der Waals surface area contributed by atoms with Crippen LogP contribution in [0.3, 0.4) is 0 Å². The highest BCUT2D eigenvalue weighted by molar-refractivity contribution is 6.36. The Balaban J connectivity index is 2.96. The molecule has 1 aromatic carbocycles. The predicted molar refractivity (Wildman–Crippen MR) is 55.0 cm³/mol. The highest BCUT2D eigenvalue weighted by Crippen LogP contribution is 2.24. The Morgan fingerprint density at radius 3 is 2.33 bits per heavy atom. The average molecular weight is 201 g/mol. The van der Waals surface area contributed by atoms with Crippen LogP contribution in [0.15, 0.2) is 30.4 Å². The van der Waals surface area contributed by atoms with Crippen molar-refractivity contribution in [1.29, 1.82) is 0 Å². The van der Waals surface area contributed by atoms with Crippen LogP contribution in [-0.4, -0.2) is 0 Å². The maximum absolute atomic E-state index is 5.95. The summed E-state index contributed by atoms with van der Waals surface area (Å²) in [6.07, 6.45) is 4.82. The van der Waals surface area contributed by atoms with Gasteiger partial charge in [0.2, 0.25) is 0 Å². The van der Waals surface area contributed by atoms with E-state index in [1.165, 1.54) is 0 Å². The Labute approximate surface area is 82.8 Å². The molecular formula is C10H10Cl2. The van der Waals surface area contributed by atoms with E-state index >= 15 is 0 Å². The summed E-state index contributed by atoms with van der Waals surface area (Å²) in [5.74, 6) is 0. The van der Waals surface area contributed by atoms with Crippen molar-refractivity contribution in [3.05, 3.63) is 46.0 Å². The van der Waals surface area contributed by atoms with Crippen LogP contribution in [-0.2, 0) is 6.42 Å². The molecule has 0 bridgehead atoms. The summed E-state index contributed by atoms with van der Waals surface area (Å²) < 4.78 is 0. The van der Waals surface area contributed by atoms with Crippen LogP contribution in [0.4, 0.5) is 0 Å². The molecule has 12 heavy (non-hydrogen) atoms. The fourth-order valence-corrected chi connectivity index (χ4v) is 1.51. The first-order chi connectivity index (χ1) is 5.75. The first kappa shape index (κ1) is 9.63. The third kappa shape index (κ3) is 2.26. The van der Waals surface area contributed by atoms with Gasteiger partial charge in [-0.15, -0.1) is 0 Å². The highest BCUT2D eigenvalue weighted by Gasteiger charge is 2.01. The molecule has 0 fully saturated rings. The fourth-order valence-electron chi connectivity index (χ4n) is 0.963. The molecule has 0 aromatic heterocycles.